The van der Waals surface area contributed by atoms with Crippen LogP contribution in [0.15, 0.2) is 23.3 Å². The van der Waals surface area contributed by atoms with E-state index < -0.39 is 0 Å². The van der Waals surface area contributed by atoms with Crippen molar-refractivity contribution in [1.82, 2.24) is 34.7 Å². The van der Waals surface area contributed by atoms with Crippen LogP contribution < -0.4 is 4.90 Å². The van der Waals surface area contributed by atoms with Crippen molar-refractivity contribution in [3.63, 3.8) is 0 Å². The van der Waals surface area contributed by atoms with E-state index in [1.165, 1.54) is 19.2 Å². The van der Waals surface area contributed by atoms with E-state index in [0.717, 1.165) is 46.7 Å². The van der Waals surface area contributed by atoms with Gasteiger partial charge in [0.05, 0.1) is 12.2 Å². The van der Waals surface area contributed by atoms with Gasteiger partial charge in [0.25, 0.3) is 0 Å². The van der Waals surface area contributed by atoms with Crippen molar-refractivity contribution in [2.24, 2.45) is 0 Å². The second-order valence-corrected chi connectivity index (χ2v) is 6.44. The number of hydrogen-bond donors (Lipinski definition) is 1. The predicted octanol–water partition coefficient (Wildman–Crippen LogP) is 2.91. The topological polar surface area (TPSA) is 88.4 Å². The van der Waals surface area contributed by atoms with Gasteiger partial charge in [-0.3, -0.25) is 9.47 Å². The Balaban J connectivity index is 1.76. The second-order valence-electron chi connectivity index (χ2n) is 5.69. The summed E-state index contributed by atoms with van der Waals surface area (Å²) in [5.41, 5.74) is 1.81. The smallest absolute Gasteiger partial charge is 0.233 e. The maximum atomic E-state index is 4.57. The zero-order valence-corrected chi connectivity index (χ0v) is 14.9. The van der Waals surface area contributed by atoms with E-state index in [9.17, 15) is 0 Å². The van der Waals surface area contributed by atoms with Crippen LogP contribution in [-0.4, -0.2) is 41.2 Å². The third-order valence-corrected chi connectivity index (χ3v) is 4.44. The average molecular weight is 389 g/mol. The summed E-state index contributed by atoms with van der Waals surface area (Å²) in [6.07, 6.45) is 6.66. The van der Waals surface area contributed by atoms with Crippen molar-refractivity contribution < 1.29 is 0 Å². The lowest BCUT2D eigenvalue weighted by atomic mass is 10.2. The number of hydrogen-bond acceptors (Lipinski definition) is 6. The van der Waals surface area contributed by atoms with Crippen molar-refractivity contribution >= 4 is 27.7 Å². The lowest BCUT2D eigenvalue weighted by Crippen LogP contribution is -2.28. The van der Waals surface area contributed by atoms with Crippen LogP contribution in [-0.2, 0) is 6.54 Å². The Labute approximate surface area is 147 Å². The molecule has 0 unspecified atom stereocenters. The number of aromatic nitrogens is 7. The van der Waals surface area contributed by atoms with Gasteiger partial charge in [-0.2, -0.15) is 0 Å². The molecule has 124 valence electrons. The average Bonchev–Trinajstić information content (AvgIpc) is 3.18. The molecule has 0 spiro atoms. The quantitative estimate of drug-likeness (QED) is 0.675. The van der Waals surface area contributed by atoms with E-state index in [0.29, 0.717) is 6.54 Å². The number of aromatic amines is 1. The van der Waals surface area contributed by atoms with E-state index in [4.69, 9.17) is 0 Å². The first kappa shape index (κ1) is 15.3. The fraction of sp³-hybridized carbons (Fsp3) is 0.400. The fourth-order valence-corrected chi connectivity index (χ4v) is 3.34. The van der Waals surface area contributed by atoms with Gasteiger partial charge in [-0.05, 0) is 28.4 Å². The van der Waals surface area contributed by atoms with E-state index in [2.05, 4.69) is 62.5 Å². The molecule has 3 aromatic heterocycles. The molecule has 24 heavy (non-hydrogen) atoms. The first-order valence-electron chi connectivity index (χ1n) is 7.99. The van der Waals surface area contributed by atoms with E-state index in [1.54, 1.807) is 6.20 Å². The van der Waals surface area contributed by atoms with Crippen molar-refractivity contribution in [2.75, 3.05) is 11.4 Å². The lowest BCUT2D eigenvalue weighted by Gasteiger charge is -2.27. The van der Waals surface area contributed by atoms with Crippen LogP contribution in [0.2, 0.25) is 0 Å². The molecule has 0 saturated carbocycles. The summed E-state index contributed by atoms with van der Waals surface area (Å²) in [7, 11) is 0. The number of nitrogens with one attached hydrogen (secondary N) is 1. The minimum Gasteiger partial charge on any atom is -0.333 e. The molecule has 0 fully saturated rings. The maximum absolute atomic E-state index is 4.57. The van der Waals surface area contributed by atoms with Gasteiger partial charge in [0.1, 0.15) is 12.0 Å². The molecular weight excluding hydrogens is 372 g/mol. The number of H-pyrrole nitrogens is 1. The van der Waals surface area contributed by atoms with E-state index in [1.807, 2.05) is 6.07 Å². The Hall–Kier alpha value is -2.29. The van der Waals surface area contributed by atoms with Crippen LogP contribution >= 0.6 is 15.9 Å². The Morgan fingerprint density at radius 3 is 3.00 bits per heavy atom. The first-order valence-corrected chi connectivity index (χ1v) is 8.78. The molecule has 0 atom stereocenters. The van der Waals surface area contributed by atoms with Crippen molar-refractivity contribution in [2.45, 2.75) is 32.7 Å². The normalized spacial score (nSPS) is 13.0. The number of unbranched alkanes of at least 4 members (excludes halogenated alkanes) is 2. The molecule has 9 heteroatoms. The van der Waals surface area contributed by atoms with Crippen molar-refractivity contribution in [1.29, 1.82) is 0 Å². The Kier molecular flexibility index (Phi) is 4.01. The summed E-state index contributed by atoms with van der Waals surface area (Å²) < 4.78 is 2.80. The van der Waals surface area contributed by atoms with Crippen LogP contribution in [0.25, 0.3) is 11.5 Å². The van der Waals surface area contributed by atoms with Gasteiger partial charge in [-0.15, -0.1) is 10.2 Å². The summed E-state index contributed by atoms with van der Waals surface area (Å²) in [5, 5.41) is 8.77. The summed E-state index contributed by atoms with van der Waals surface area (Å²) in [6.45, 7) is 3.70. The van der Waals surface area contributed by atoms with Gasteiger partial charge < -0.3 is 4.98 Å². The Bertz CT molecular complexity index is 841. The highest BCUT2D eigenvalue weighted by atomic mass is 79.9. The summed E-state index contributed by atoms with van der Waals surface area (Å²) in [6, 6.07) is 1.84. The summed E-state index contributed by atoms with van der Waals surface area (Å²) >= 11 is 3.44. The third kappa shape index (κ3) is 2.58. The van der Waals surface area contributed by atoms with Crippen LogP contribution in [0.4, 0.5) is 11.8 Å². The number of rotatable bonds is 5. The van der Waals surface area contributed by atoms with Gasteiger partial charge in [-0.25, -0.2) is 15.0 Å². The summed E-state index contributed by atoms with van der Waals surface area (Å²) in [4.78, 5) is 18.3. The fourth-order valence-electron chi connectivity index (χ4n) is 2.93. The van der Waals surface area contributed by atoms with Crippen molar-refractivity contribution in [3.8, 4) is 11.5 Å². The van der Waals surface area contributed by atoms with Gasteiger partial charge in [0.2, 0.25) is 5.95 Å². The molecule has 1 aliphatic rings. The second kappa shape index (κ2) is 6.31. The number of nitrogens with zero attached hydrogens (tertiary/aromatic N) is 7. The van der Waals surface area contributed by atoms with Crippen LogP contribution in [0.1, 0.15) is 31.9 Å². The maximum Gasteiger partial charge on any atom is 0.233 e. The van der Waals surface area contributed by atoms with Crippen LogP contribution in [0, 0.1) is 0 Å². The molecule has 1 N–H and O–H groups in total. The van der Waals surface area contributed by atoms with E-state index >= 15 is 0 Å². The highest BCUT2D eigenvalue weighted by molar-refractivity contribution is 9.10. The number of fused-ring (bicyclic) bond motifs is 2. The molecule has 0 radical (unpaired) electrons. The Morgan fingerprint density at radius 1 is 1.29 bits per heavy atom. The zero-order valence-electron chi connectivity index (χ0n) is 13.3. The minimum absolute atomic E-state index is 0.639. The third-order valence-electron chi connectivity index (χ3n) is 4.07. The van der Waals surface area contributed by atoms with Crippen molar-refractivity contribution in [3.05, 3.63) is 29.0 Å². The zero-order chi connectivity index (χ0) is 16.5. The molecule has 1 aliphatic heterocycles. The highest BCUT2D eigenvalue weighted by Crippen LogP contribution is 2.35. The standard InChI is InChI=1S/C15H17BrN8/c1-2-3-4-7-23-12-11(19-14(16)20-12)8-24-13(21-22-15(23)24)10-5-6-17-9-18-10/h5-6,9H,2-4,7-8H2,1H3,(H,19,20). The van der Waals surface area contributed by atoms with Crippen LogP contribution in [0.3, 0.4) is 0 Å². The lowest BCUT2D eigenvalue weighted by molar-refractivity contribution is 0.668. The molecule has 0 amide bonds. The van der Waals surface area contributed by atoms with Gasteiger partial charge in [-0.1, -0.05) is 19.8 Å². The van der Waals surface area contributed by atoms with E-state index in [-0.39, 0.29) is 0 Å². The number of anilines is 2. The van der Waals surface area contributed by atoms with Gasteiger partial charge in [0.15, 0.2) is 16.4 Å². The largest absolute Gasteiger partial charge is 0.333 e. The molecule has 0 saturated heterocycles. The molecule has 0 aliphatic carbocycles. The Morgan fingerprint density at radius 2 is 2.21 bits per heavy atom. The molecule has 4 heterocycles. The highest BCUT2D eigenvalue weighted by Gasteiger charge is 2.30. The van der Waals surface area contributed by atoms with Gasteiger partial charge >= 0.3 is 0 Å². The first-order chi connectivity index (χ1) is 11.8. The monoisotopic (exact) mass is 388 g/mol. The SMILES string of the molecule is CCCCCN1c2nc(Br)[nH]c2Cn2c(-c3ccncn3)nnc21. The number of imidazole rings is 1. The predicted molar refractivity (Wildman–Crippen MR) is 93.0 cm³/mol. The molecular formula is C15H17BrN8. The molecule has 0 bridgehead atoms. The molecule has 4 rings (SSSR count). The molecule has 8 nitrogen and oxygen atoms in total. The molecule has 0 aromatic carbocycles. The van der Waals surface area contributed by atoms with Crippen LogP contribution in [0.5, 0.6) is 0 Å². The minimum atomic E-state index is 0.639. The molecule has 3 aromatic rings. The number of halogens is 1. The summed E-state index contributed by atoms with van der Waals surface area (Å²) in [5.74, 6) is 2.47. The van der Waals surface area contributed by atoms with Gasteiger partial charge in [0, 0.05) is 12.7 Å².